The molecule has 2 bridgehead atoms. The predicted molar refractivity (Wildman–Crippen MR) is 107 cm³/mol. The Kier molecular flexibility index (Phi) is 5.40. The van der Waals surface area contributed by atoms with Gasteiger partial charge in [0.05, 0.1) is 0 Å². The number of hydrogen-bond acceptors (Lipinski definition) is 0. The summed E-state index contributed by atoms with van der Waals surface area (Å²) in [4.78, 5) is 7.84. The molecule has 3 rings (SSSR count). The second-order valence-electron chi connectivity index (χ2n) is 9.23. The number of fused-ring (bicyclic) bond motifs is 3. The maximum absolute atomic E-state index is 2.61. The fourth-order valence-electron chi connectivity index (χ4n) is 5.45. The summed E-state index contributed by atoms with van der Waals surface area (Å²) < 4.78 is 4.34. The van der Waals surface area contributed by atoms with E-state index >= 15 is 0 Å². The van der Waals surface area contributed by atoms with Crippen molar-refractivity contribution < 1.29 is 0 Å². The van der Waals surface area contributed by atoms with Gasteiger partial charge in [0.15, 0.2) is 0 Å². The molecule has 2 aliphatic heterocycles. The van der Waals surface area contributed by atoms with E-state index < -0.39 is 18.4 Å². The Hall–Kier alpha value is -0.116. The molecule has 2 saturated heterocycles. The number of hydrogen-bond donors (Lipinski definition) is 0. The zero-order valence-electron chi connectivity index (χ0n) is 15.8. The van der Waals surface area contributed by atoms with E-state index in [0.29, 0.717) is 0 Å². The van der Waals surface area contributed by atoms with Crippen molar-refractivity contribution >= 4 is 28.8 Å². The Balaban J connectivity index is 2.24. The van der Waals surface area contributed by atoms with E-state index in [1.54, 1.807) is 0 Å². The van der Waals surface area contributed by atoms with Crippen molar-refractivity contribution in [2.75, 3.05) is 0 Å². The normalized spacial score (nSPS) is 28.0. The third kappa shape index (κ3) is 3.62. The maximum atomic E-state index is 2.61. The first-order valence-electron chi connectivity index (χ1n) is 9.77. The molecule has 1 nitrogen and oxygen atoms in total. The summed E-state index contributed by atoms with van der Waals surface area (Å²) in [6, 6.07) is 4.43. The van der Waals surface area contributed by atoms with Crippen LogP contribution in [-0.4, -0.2) is 29.7 Å². The summed E-state index contributed by atoms with van der Waals surface area (Å²) in [6.07, 6.45) is 13.4. The minimum atomic E-state index is -2.22. The van der Waals surface area contributed by atoms with Crippen LogP contribution in [0.3, 0.4) is 0 Å². The molecule has 0 aliphatic carbocycles. The Morgan fingerprint density at radius 3 is 2.09 bits per heavy atom. The van der Waals surface area contributed by atoms with Crippen LogP contribution in [0.1, 0.15) is 52.4 Å². The molecule has 3 heteroatoms. The number of nitrogens with zero attached hydrogens (tertiary/aromatic N) is 1. The molecule has 0 radical (unpaired) electrons. The van der Waals surface area contributed by atoms with Gasteiger partial charge in [0.2, 0.25) is 0 Å². The van der Waals surface area contributed by atoms with Crippen LogP contribution in [0.5, 0.6) is 0 Å². The average molecular weight is 418 g/mol. The van der Waals surface area contributed by atoms with Gasteiger partial charge in [0, 0.05) is 0 Å². The van der Waals surface area contributed by atoms with Gasteiger partial charge in [-0.05, 0) is 0 Å². The van der Waals surface area contributed by atoms with Gasteiger partial charge >= 0.3 is 148 Å². The minimum absolute atomic E-state index is 0.785. The Morgan fingerprint density at radius 1 is 1.04 bits per heavy atom. The monoisotopic (exact) mass is 419 g/mol. The van der Waals surface area contributed by atoms with Crippen molar-refractivity contribution in [3.8, 4) is 0 Å². The first-order valence-corrected chi connectivity index (χ1v) is 19.8. The fraction of sp³-hybridized carbons (Fsp3) is 0.700. The summed E-state index contributed by atoms with van der Waals surface area (Å²) in [6.45, 7) is 5.80. The Labute approximate surface area is 147 Å². The van der Waals surface area contributed by atoms with Crippen LogP contribution in [-0.2, 0) is 0 Å². The van der Waals surface area contributed by atoms with Crippen LogP contribution in [0.25, 0.3) is 3.71 Å². The fourth-order valence-corrected chi connectivity index (χ4v) is 11.6. The predicted octanol–water partition coefficient (Wildman–Crippen LogP) is 6.37. The quantitative estimate of drug-likeness (QED) is 0.503. The Morgan fingerprint density at radius 2 is 1.61 bits per heavy atom. The van der Waals surface area contributed by atoms with Gasteiger partial charge in [-0.1, -0.05) is 0 Å². The summed E-state index contributed by atoms with van der Waals surface area (Å²) in [5, 5.41) is 0. The molecule has 0 spiro atoms. The number of aromatic nitrogens is 1. The van der Waals surface area contributed by atoms with Gasteiger partial charge in [-0.25, -0.2) is 0 Å². The molecule has 1 aromatic heterocycles. The average Bonchev–Trinajstić information content (AvgIpc) is 2.78. The van der Waals surface area contributed by atoms with Gasteiger partial charge in [-0.3, -0.25) is 0 Å². The van der Waals surface area contributed by atoms with E-state index in [4.69, 9.17) is 0 Å². The zero-order chi connectivity index (χ0) is 16.6. The van der Waals surface area contributed by atoms with Crippen LogP contribution >= 0.6 is 0 Å². The van der Waals surface area contributed by atoms with Crippen LogP contribution < -0.4 is 0 Å². The van der Waals surface area contributed by atoms with Gasteiger partial charge in [-0.2, -0.15) is 0 Å². The molecule has 2 aliphatic rings. The molecule has 0 amide bonds. The molecule has 3 heterocycles. The SMILES string of the molecule is CC(C)B1/C(=[C](/n2cccc2)[Sn]([CH3])([CH3])[CH3])C2CCCC1CCC2. The number of rotatable bonds is 3. The van der Waals surface area contributed by atoms with E-state index in [1.165, 1.54) is 38.5 Å². The molecule has 2 fully saturated rings. The van der Waals surface area contributed by atoms with E-state index in [9.17, 15) is 0 Å². The summed E-state index contributed by atoms with van der Waals surface area (Å²) in [5.41, 5.74) is 1.92. The van der Waals surface area contributed by atoms with Crippen molar-refractivity contribution in [1.29, 1.82) is 0 Å². The zero-order valence-corrected chi connectivity index (χ0v) is 18.7. The molecule has 126 valence electrons. The molecular weight excluding hydrogens is 384 g/mol. The summed E-state index contributed by atoms with van der Waals surface area (Å²) in [5.74, 6) is 2.59. The third-order valence-electron chi connectivity index (χ3n) is 6.13. The van der Waals surface area contributed by atoms with Crippen molar-refractivity contribution in [2.45, 2.75) is 78.8 Å². The second-order valence-corrected chi connectivity index (χ2v) is 23.4. The number of allylic oxidation sites excluding steroid dienone is 1. The van der Waals surface area contributed by atoms with Gasteiger partial charge < -0.3 is 0 Å². The topological polar surface area (TPSA) is 4.93 Å². The molecule has 0 atom stereocenters. The first-order chi connectivity index (χ1) is 10.9. The van der Waals surface area contributed by atoms with E-state index in [-0.39, 0.29) is 0 Å². The first kappa shape index (κ1) is 17.7. The van der Waals surface area contributed by atoms with Crippen LogP contribution in [0.4, 0.5) is 0 Å². The molecule has 0 saturated carbocycles. The molecule has 1 aromatic rings. The van der Waals surface area contributed by atoms with Crippen LogP contribution in [0, 0.1) is 5.92 Å². The molecule has 0 N–H and O–H groups in total. The van der Waals surface area contributed by atoms with Gasteiger partial charge in [0.25, 0.3) is 0 Å². The summed E-state index contributed by atoms with van der Waals surface area (Å²) >= 11 is -2.22. The van der Waals surface area contributed by atoms with Crippen molar-refractivity contribution in [3.63, 3.8) is 0 Å². The second kappa shape index (κ2) is 7.02. The molecule has 0 aromatic carbocycles. The van der Waals surface area contributed by atoms with E-state index in [1.807, 2.05) is 9.19 Å². The van der Waals surface area contributed by atoms with E-state index in [2.05, 4.69) is 57.8 Å². The third-order valence-corrected chi connectivity index (χ3v) is 11.7. The molecule has 0 unspecified atom stereocenters. The molecule has 23 heavy (non-hydrogen) atoms. The van der Waals surface area contributed by atoms with Crippen molar-refractivity contribution in [1.82, 2.24) is 4.57 Å². The summed E-state index contributed by atoms with van der Waals surface area (Å²) in [7, 11) is 0. The van der Waals surface area contributed by atoms with Crippen LogP contribution in [0.15, 0.2) is 30.0 Å². The van der Waals surface area contributed by atoms with Crippen molar-refractivity contribution in [3.05, 3.63) is 30.0 Å². The van der Waals surface area contributed by atoms with Crippen LogP contribution in [0.2, 0.25) is 26.5 Å². The van der Waals surface area contributed by atoms with Gasteiger partial charge in [0.1, 0.15) is 0 Å². The molecular formula is C20H34BNSn. The Bertz CT molecular complexity index is 543. The van der Waals surface area contributed by atoms with E-state index in [0.717, 1.165) is 24.3 Å². The van der Waals surface area contributed by atoms with Crippen molar-refractivity contribution in [2.24, 2.45) is 5.92 Å². The standard InChI is InChI=1S/C17H25BN.3CH3.Sn/c1-14(2)18-16-9-5-7-15(8-6-10-16)17(18)13-19-11-3-4-12-19;;;;/h3-4,11-12,14-16H,5-10H2,1-2H3;3*1H3;. The van der Waals surface area contributed by atoms with Gasteiger partial charge in [-0.15, -0.1) is 0 Å².